The van der Waals surface area contributed by atoms with E-state index in [1.54, 1.807) is 12.1 Å². The third-order valence-corrected chi connectivity index (χ3v) is 5.73. The first-order valence-corrected chi connectivity index (χ1v) is 9.75. The maximum absolute atomic E-state index is 13.3. The molecule has 1 aromatic carbocycles. The molecule has 1 aromatic rings. The van der Waals surface area contributed by atoms with Crippen molar-refractivity contribution in [3.8, 4) is 0 Å². The Kier molecular flexibility index (Phi) is 5.14. The fraction of sp³-hybridized carbons (Fsp3) is 0.600. The Hall–Kier alpha value is -1.99. The molecule has 7 heteroatoms. The van der Waals surface area contributed by atoms with Gasteiger partial charge in [-0.25, -0.2) is 4.39 Å². The van der Waals surface area contributed by atoms with Crippen LogP contribution in [0.2, 0.25) is 0 Å². The van der Waals surface area contributed by atoms with Crippen LogP contribution in [0, 0.1) is 11.2 Å². The van der Waals surface area contributed by atoms with Gasteiger partial charge < -0.3 is 15.4 Å². The van der Waals surface area contributed by atoms with Crippen molar-refractivity contribution in [2.24, 2.45) is 5.41 Å². The van der Waals surface area contributed by atoms with Crippen molar-refractivity contribution in [1.82, 2.24) is 15.5 Å². The summed E-state index contributed by atoms with van der Waals surface area (Å²) in [6.07, 6.45) is 3.23. The second-order valence-electron chi connectivity index (χ2n) is 7.76. The number of carbonyl (C=O) groups excluding carboxylic acids is 2. The van der Waals surface area contributed by atoms with Crippen molar-refractivity contribution in [2.45, 2.75) is 37.8 Å². The monoisotopic (exact) mass is 375 g/mol. The molecule has 6 nitrogen and oxygen atoms in total. The highest BCUT2D eigenvalue weighted by molar-refractivity contribution is 6.08. The summed E-state index contributed by atoms with van der Waals surface area (Å²) in [5.74, 6) is -0.606. The van der Waals surface area contributed by atoms with Crippen molar-refractivity contribution in [1.29, 1.82) is 0 Å². The van der Waals surface area contributed by atoms with Gasteiger partial charge in [-0.2, -0.15) is 0 Å². The van der Waals surface area contributed by atoms with Crippen LogP contribution in [0.1, 0.15) is 37.3 Å². The number of halogens is 1. The molecule has 1 saturated heterocycles. The Morgan fingerprint density at radius 1 is 1.15 bits per heavy atom. The van der Waals surface area contributed by atoms with E-state index in [1.807, 2.05) is 0 Å². The molecule has 3 aliphatic rings. The van der Waals surface area contributed by atoms with Gasteiger partial charge in [-0.1, -0.05) is 12.1 Å². The summed E-state index contributed by atoms with van der Waals surface area (Å²) in [4.78, 5) is 27.4. The van der Waals surface area contributed by atoms with Crippen LogP contribution < -0.4 is 10.6 Å². The summed E-state index contributed by atoms with van der Waals surface area (Å²) >= 11 is 0. The molecule has 2 saturated carbocycles. The molecule has 27 heavy (non-hydrogen) atoms. The molecule has 0 radical (unpaired) electrons. The molecular formula is C20H26FN3O3. The Labute approximate surface area is 158 Å². The van der Waals surface area contributed by atoms with E-state index < -0.39 is 5.41 Å². The van der Waals surface area contributed by atoms with E-state index in [-0.39, 0.29) is 29.7 Å². The maximum atomic E-state index is 13.3. The van der Waals surface area contributed by atoms with Gasteiger partial charge >= 0.3 is 0 Å². The predicted octanol–water partition coefficient (Wildman–Crippen LogP) is 1.37. The molecule has 0 bridgehead atoms. The van der Waals surface area contributed by atoms with Gasteiger partial charge in [-0.05, 0) is 43.4 Å². The first-order chi connectivity index (χ1) is 13.1. The zero-order chi connectivity index (χ0) is 18.9. The van der Waals surface area contributed by atoms with Gasteiger partial charge in [-0.15, -0.1) is 0 Å². The number of rotatable bonds is 7. The van der Waals surface area contributed by atoms with E-state index in [4.69, 9.17) is 4.74 Å². The molecule has 0 unspecified atom stereocenters. The van der Waals surface area contributed by atoms with Gasteiger partial charge in [0.15, 0.2) is 0 Å². The summed E-state index contributed by atoms with van der Waals surface area (Å²) < 4.78 is 18.7. The molecular weight excluding hydrogens is 349 g/mol. The van der Waals surface area contributed by atoms with Gasteiger partial charge in [0.05, 0.1) is 19.3 Å². The van der Waals surface area contributed by atoms with Crippen LogP contribution in [0.4, 0.5) is 4.39 Å². The third kappa shape index (κ3) is 4.14. The quantitative estimate of drug-likeness (QED) is 0.707. The molecule has 2 N–H and O–H groups in total. The number of nitrogens with one attached hydrogen (secondary N) is 2. The first-order valence-electron chi connectivity index (χ1n) is 9.75. The Balaban J connectivity index is 1.42. The van der Waals surface area contributed by atoms with E-state index in [0.717, 1.165) is 31.5 Å². The SMILES string of the molecule is O=C(NC[C@H](c1ccc(F)cc1)N1CCOCC1)C1(C(=O)NC2CC2)CC1. The number of morpholine rings is 1. The highest BCUT2D eigenvalue weighted by atomic mass is 19.1. The minimum Gasteiger partial charge on any atom is -0.379 e. The number of amides is 2. The van der Waals surface area contributed by atoms with Crippen molar-refractivity contribution >= 4 is 11.8 Å². The molecule has 3 fully saturated rings. The van der Waals surface area contributed by atoms with Crippen molar-refractivity contribution in [3.05, 3.63) is 35.6 Å². The molecule has 146 valence electrons. The van der Waals surface area contributed by atoms with Crippen LogP contribution in [-0.4, -0.2) is 55.6 Å². The first kappa shape index (κ1) is 18.4. The fourth-order valence-corrected chi connectivity index (χ4v) is 3.62. The maximum Gasteiger partial charge on any atom is 0.235 e. The summed E-state index contributed by atoms with van der Waals surface area (Å²) in [6.45, 7) is 3.18. The van der Waals surface area contributed by atoms with Gasteiger partial charge in [0.25, 0.3) is 0 Å². The second-order valence-corrected chi connectivity index (χ2v) is 7.76. The summed E-state index contributed by atoms with van der Waals surface area (Å²) in [6, 6.07) is 6.58. The molecule has 1 heterocycles. The average Bonchev–Trinajstić information content (AvgIpc) is 3.59. The van der Waals surface area contributed by atoms with Gasteiger partial charge in [0.1, 0.15) is 11.2 Å². The number of nitrogens with zero attached hydrogens (tertiary/aromatic N) is 1. The lowest BCUT2D eigenvalue weighted by molar-refractivity contribution is -0.137. The Bertz CT molecular complexity index is 695. The van der Waals surface area contributed by atoms with Crippen LogP contribution >= 0.6 is 0 Å². The predicted molar refractivity (Wildman–Crippen MR) is 97.4 cm³/mol. The van der Waals surface area contributed by atoms with Crippen molar-refractivity contribution < 1.29 is 18.7 Å². The molecule has 2 amide bonds. The van der Waals surface area contributed by atoms with E-state index >= 15 is 0 Å². The number of hydrogen-bond donors (Lipinski definition) is 2. The molecule has 2 aliphatic carbocycles. The van der Waals surface area contributed by atoms with Crippen LogP contribution in [-0.2, 0) is 14.3 Å². The second kappa shape index (κ2) is 7.56. The topological polar surface area (TPSA) is 70.7 Å². The third-order valence-electron chi connectivity index (χ3n) is 5.73. The zero-order valence-electron chi connectivity index (χ0n) is 15.4. The van der Waals surface area contributed by atoms with E-state index in [0.29, 0.717) is 32.6 Å². The molecule has 1 aliphatic heterocycles. The van der Waals surface area contributed by atoms with Crippen molar-refractivity contribution in [3.63, 3.8) is 0 Å². The van der Waals surface area contributed by atoms with Gasteiger partial charge in [-0.3, -0.25) is 14.5 Å². The lowest BCUT2D eigenvalue weighted by Gasteiger charge is -2.35. The molecule has 0 aromatic heterocycles. The normalized spacial score (nSPS) is 22.7. The Morgan fingerprint density at radius 3 is 2.41 bits per heavy atom. The highest BCUT2D eigenvalue weighted by Crippen LogP contribution is 2.46. The Morgan fingerprint density at radius 2 is 1.81 bits per heavy atom. The molecule has 0 spiro atoms. The van der Waals surface area contributed by atoms with Gasteiger partial charge in [0.2, 0.25) is 11.8 Å². The van der Waals surface area contributed by atoms with Crippen LogP contribution in [0.3, 0.4) is 0 Å². The number of ether oxygens (including phenoxy) is 1. The standard InChI is InChI=1S/C20H26FN3O3/c21-15-3-1-14(2-4-15)17(24-9-11-27-12-10-24)13-22-18(25)20(7-8-20)19(26)23-16-5-6-16/h1-4,16-17H,5-13H2,(H,22,25)(H,23,26)/t17-/m1/s1. The minimum absolute atomic E-state index is 0.0688. The van der Waals surface area contributed by atoms with E-state index in [1.165, 1.54) is 12.1 Å². The van der Waals surface area contributed by atoms with Crippen LogP contribution in [0.25, 0.3) is 0 Å². The number of hydrogen-bond acceptors (Lipinski definition) is 4. The van der Waals surface area contributed by atoms with Crippen molar-refractivity contribution in [2.75, 3.05) is 32.8 Å². The molecule has 4 rings (SSSR count). The van der Waals surface area contributed by atoms with Gasteiger partial charge in [0, 0.05) is 25.7 Å². The van der Waals surface area contributed by atoms with E-state index in [2.05, 4.69) is 15.5 Å². The minimum atomic E-state index is -0.888. The lowest BCUT2D eigenvalue weighted by Crippen LogP contribution is -2.48. The zero-order valence-corrected chi connectivity index (χ0v) is 15.4. The largest absolute Gasteiger partial charge is 0.379 e. The number of carbonyl (C=O) groups is 2. The van der Waals surface area contributed by atoms with Crippen LogP contribution in [0.5, 0.6) is 0 Å². The lowest BCUT2D eigenvalue weighted by atomic mass is 10.0. The smallest absolute Gasteiger partial charge is 0.235 e. The average molecular weight is 375 g/mol. The molecule has 1 atom stereocenters. The summed E-state index contributed by atoms with van der Waals surface area (Å²) in [5.41, 5.74) is 0.0619. The fourth-order valence-electron chi connectivity index (χ4n) is 3.62. The highest BCUT2D eigenvalue weighted by Gasteiger charge is 2.57. The summed E-state index contributed by atoms with van der Waals surface area (Å²) in [5, 5.41) is 5.95. The van der Waals surface area contributed by atoms with E-state index in [9.17, 15) is 14.0 Å². The number of benzene rings is 1. The summed E-state index contributed by atoms with van der Waals surface area (Å²) in [7, 11) is 0. The van der Waals surface area contributed by atoms with Crippen LogP contribution in [0.15, 0.2) is 24.3 Å².